The minimum Gasteiger partial charge on any atom is -0.454 e. The van der Waals surface area contributed by atoms with Gasteiger partial charge in [0.1, 0.15) is 6.33 Å². The zero-order valence-corrected chi connectivity index (χ0v) is 12.5. The van der Waals surface area contributed by atoms with E-state index >= 15 is 0 Å². The maximum absolute atomic E-state index is 12.2. The van der Waals surface area contributed by atoms with E-state index in [-0.39, 0.29) is 17.5 Å². The molecule has 1 saturated carbocycles. The van der Waals surface area contributed by atoms with Crippen LogP contribution >= 0.6 is 11.6 Å². The summed E-state index contributed by atoms with van der Waals surface area (Å²) in [6.45, 7) is -1.45. The number of benzene rings is 1. The monoisotopic (exact) mass is 344 g/mol. The zero-order valence-electron chi connectivity index (χ0n) is 11.8. The van der Waals surface area contributed by atoms with Gasteiger partial charge in [-0.1, -0.05) is 23.7 Å². The van der Waals surface area contributed by atoms with Crippen molar-refractivity contribution in [2.45, 2.75) is 24.6 Å². The fourth-order valence-electron chi connectivity index (χ4n) is 2.15. The van der Waals surface area contributed by atoms with Crippen molar-refractivity contribution in [1.82, 2.24) is 15.0 Å². The molecule has 0 radical (unpaired) electrons. The molecule has 0 amide bonds. The highest BCUT2D eigenvalue weighted by Gasteiger charge is 2.45. The molecule has 23 heavy (non-hydrogen) atoms. The first-order chi connectivity index (χ1) is 10.9. The quantitative estimate of drug-likeness (QED) is 0.898. The number of anilines is 1. The Morgan fingerprint density at radius 1 is 1.17 bits per heavy atom. The summed E-state index contributed by atoms with van der Waals surface area (Å²) < 4.78 is 41.0. The van der Waals surface area contributed by atoms with Crippen molar-refractivity contribution in [3.63, 3.8) is 0 Å². The lowest BCUT2D eigenvalue weighted by Crippen LogP contribution is -2.22. The SMILES string of the molecule is FC(F)(F)COc1ncnc(NC2(c3ccc(Cl)cc3)CC2)n1. The van der Waals surface area contributed by atoms with Gasteiger partial charge in [0.05, 0.1) is 5.54 Å². The van der Waals surface area contributed by atoms with Gasteiger partial charge < -0.3 is 10.1 Å². The first-order valence-corrected chi connectivity index (χ1v) is 7.17. The average Bonchev–Trinajstić information content (AvgIpc) is 3.26. The number of nitrogens with one attached hydrogen (secondary N) is 1. The molecule has 1 aromatic heterocycles. The lowest BCUT2D eigenvalue weighted by molar-refractivity contribution is -0.154. The van der Waals surface area contributed by atoms with E-state index in [1.165, 1.54) is 0 Å². The molecule has 1 heterocycles. The van der Waals surface area contributed by atoms with Gasteiger partial charge in [0.15, 0.2) is 6.61 Å². The van der Waals surface area contributed by atoms with Gasteiger partial charge in [0.25, 0.3) is 0 Å². The fraction of sp³-hybridized carbons (Fsp3) is 0.357. The summed E-state index contributed by atoms with van der Waals surface area (Å²) in [4.78, 5) is 11.4. The van der Waals surface area contributed by atoms with E-state index in [4.69, 9.17) is 11.6 Å². The number of rotatable bonds is 5. The molecule has 1 fully saturated rings. The molecule has 2 aromatic rings. The second kappa shape index (κ2) is 5.84. The van der Waals surface area contributed by atoms with Crippen molar-refractivity contribution in [3.05, 3.63) is 41.2 Å². The summed E-state index contributed by atoms with van der Waals surface area (Å²) in [5, 5.41) is 3.77. The zero-order chi connectivity index (χ0) is 16.5. The lowest BCUT2D eigenvalue weighted by Gasteiger charge is -2.18. The Bertz CT molecular complexity index is 689. The number of alkyl halides is 3. The lowest BCUT2D eigenvalue weighted by atomic mass is 10.1. The van der Waals surface area contributed by atoms with Crippen molar-refractivity contribution in [2.24, 2.45) is 0 Å². The van der Waals surface area contributed by atoms with Crippen LogP contribution in [0.2, 0.25) is 5.02 Å². The van der Waals surface area contributed by atoms with Crippen LogP contribution in [0.3, 0.4) is 0 Å². The predicted molar refractivity (Wildman–Crippen MR) is 77.4 cm³/mol. The molecular formula is C14H12ClF3N4O. The summed E-state index contributed by atoms with van der Waals surface area (Å²) in [7, 11) is 0. The van der Waals surface area contributed by atoms with E-state index in [9.17, 15) is 13.2 Å². The molecular weight excluding hydrogens is 333 g/mol. The molecule has 0 atom stereocenters. The molecule has 0 spiro atoms. The molecule has 0 bridgehead atoms. The van der Waals surface area contributed by atoms with Gasteiger partial charge in [0.2, 0.25) is 5.95 Å². The molecule has 3 rings (SSSR count). The van der Waals surface area contributed by atoms with Crippen LogP contribution in [-0.4, -0.2) is 27.7 Å². The second-order valence-corrected chi connectivity index (χ2v) is 5.65. The van der Waals surface area contributed by atoms with Crippen LogP contribution in [0.15, 0.2) is 30.6 Å². The van der Waals surface area contributed by atoms with Gasteiger partial charge in [-0.2, -0.15) is 23.1 Å². The Balaban J connectivity index is 1.72. The van der Waals surface area contributed by atoms with Crippen LogP contribution in [0.5, 0.6) is 6.01 Å². The Morgan fingerprint density at radius 2 is 1.87 bits per heavy atom. The smallest absolute Gasteiger partial charge is 0.422 e. The summed E-state index contributed by atoms with van der Waals surface area (Å²) in [5.41, 5.74) is 0.688. The van der Waals surface area contributed by atoms with E-state index in [0.717, 1.165) is 24.7 Å². The highest BCUT2D eigenvalue weighted by atomic mass is 35.5. The Morgan fingerprint density at radius 3 is 2.48 bits per heavy atom. The van der Waals surface area contributed by atoms with E-state index in [1.807, 2.05) is 12.1 Å². The first-order valence-electron chi connectivity index (χ1n) is 6.79. The maximum atomic E-state index is 12.2. The van der Waals surface area contributed by atoms with Gasteiger partial charge >= 0.3 is 12.2 Å². The van der Waals surface area contributed by atoms with Crippen molar-refractivity contribution < 1.29 is 17.9 Å². The number of aromatic nitrogens is 3. The van der Waals surface area contributed by atoms with Gasteiger partial charge in [-0.15, -0.1) is 0 Å². The summed E-state index contributed by atoms with van der Waals surface area (Å²) >= 11 is 5.87. The molecule has 0 unspecified atom stereocenters. The highest BCUT2D eigenvalue weighted by Crippen LogP contribution is 2.47. The van der Waals surface area contributed by atoms with Gasteiger partial charge in [0, 0.05) is 5.02 Å². The number of nitrogens with zero attached hydrogens (tertiary/aromatic N) is 3. The first kappa shape index (κ1) is 15.8. The van der Waals surface area contributed by atoms with E-state index in [2.05, 4.69) is 25.0 Å². The standard InChI is InChI=1S/C14H12ClF3N4O/c15-10-3-1-9(2-4-10)13(5-6-13)22-11-19-8-20-12(21-11)23-7-14(16,17)18/h1-4,8H,5-7H2,(H,19,20,21,22). The Hall–Kier alpha value is -2.09. The van der Waals surface area contributed by atoms with Gasteiger partial charge in [-0.3, -0.25) is 0 Å². The minimum absolute atomic E-state index is 0.171. The molecule has 5 nitrogen and oxygen atoms in total. The maximum Gasteiger partial charge on any atom is 0.422 e. The summed E-state index contributed by atoms with van der Waals surface area (Å²) in [6.07, 6.45) is -1.61. The molecule has 1 aliphatic carbocycles. The van der Waals surface area contributed by atoms with E-state index < -0.39 is 12.8 Å². The van der Waals surface area contributed by atoms with E-state index in [0.29, 0.717) is 5.02 Å². The third-order valence-electron chi connectivity index (χ3n) is 3.41. The predicted octanol–water partition coefficient (Wildman–Crippen LogP) is 3.57. The average molecular weight is 345 g/mol. The van der Waals surface area contributed by atoms with Crippen molar-refractivity contribution in [2.75, 3.05) is 11.9 Å². The molecule has 1 aromatic carbocycles. The number of hydrogen-bond donors (Lipinski definition) is 1. The summed E-state index contributed by atoms with van der Waals surface area (Å²) in [5.74, 6) is 0.171. The van der Waals surface area contributed by atoms with Crippen LogP contribution in [0.25, 0.3) is 0 Å². The van der Waals surface area contributed by atoms with Gasteiger partial charge in [-0.25, -0.2) is 4.98 Å². The molecule has 1 N–H and O–H groups in total. The second-order valence-electron chi connectivity index (χ2n) is 5.21. The minimum atomic E-state index is -4.44. The van der Waals surface area contributed by atoms with Crippen LogP contribution in [0, 0.1) is 0 Å². The third-order valence-corrected chi connectivity index (χ3v) is 3.66. The fourth-order valence-corrected chi connectivity index (χ4v) is 2.28. The van der Waals surface area contributed by atoms with E-state index in [1.54, 1.807) is 12.1 Å². The number of hydrogen-bond acceptors (Lipinski definition) is 5. The van der Waals surface area contributed by atoms with Crippen molar-refractivity contribution in [1.29, 1.82) is 0 Å². The topological polar surface area (TPSA) is 59.9 Å². The van der Waals surface area contributed by atoms with Crippen LogP contribution < -0.4 is 10.1 Å². The molecule has 9 heteroatoms. The molecule has 1 aliphatic rings. The van der Waals surface area contributed by atoms with Crippen LogP contribution in [-0.2, 0) is 5.54 Å². The van der Waals surface area contributed by atoms with Crippen LogP contribution in [0.4, 0.5) is 19.1 Å². The molecule has 0 aliphatic heterocycles. The number of halogens is 4. The summed E-state index contributed by atoms with van der Waals surface area (Å²) in [6, 6.07) is 6.98. The van der Waals surface area contributed by atoms with Crippen molar-refractivity contribution >= 4 is 17.5 Å². The Kier molecular flexibility index (Phi) is 4.01. The number of ether oxygens (including phenoxy) is 1. The third kappa shape index (κ3) is 4.01. The largest absolute Gasteiger partial charge is 0.454 e. The van der Waals surface area contributed by atoms with Gasteiger partial charge in [-0.05, 0) is 30.5 Å². The Labute approximate surface area is 134 Å². The van der Waals surface area contributed by atoms with Crippen molar-refractivity contribution in [3.8, 4) is 6.01 Å². The van der Waals surface area contributed by atoms with Crippen LogP contribution in [0.1, 0.15) is 18.4 Å². The normalized spacial score (nSPS) is 16.0. The molecule has 122 valence electrons. The molecule has 0 saturated heterocycles. The highest BCUT2D eigenvalue weighted by molar-refractivity contribution is 6.30.